The van der Waals surface area contributed by atoms with E-state index < -0.39 is 5.97 Å². The Labute approximate surface area is 228 Å². The van der Waals surface area contributed by atoms with Gasteiger partial charge in [0, 0.05) is 4.47 Å². The number of anilines is 1. The molecule has 1 saturated heterocycles. The topological polar surface area (TPSA) is 76.1 Å². The molecule has 1 aliphatic heterocycles. The third-order valence-electron chi connectivity index (χ3n) is 4.99. The number of carbonyl (C=O) groups excluding carboxylic acids is 1. The van der Waals surface area contributed by atoms with Crippen LogP contribution in [-0.2, 0) is 11.4 Å². The number of hydrogen-bond acceptors (Lipinski definition) is 6. The number of halogens is 2. The van der Waals surface area contributed by atoms with E-state index in [2.05, 4.69) is 31.9 Å². The smallest absolute Gasteiger partial charge is 0.335 e. The van der Waals surface area contributed by atoms with Crippen molar-refractivity contribution in [3.05, 3.63) is 91.2 Å². The average molecular weight is 635 g/mol. The van der Waals surface area contributed by atoms with Gasteiger partial charge in [0.15, 0.2) is 15.8 Å². The number of thiocarbonyl (C=S) groups is 1. The number of aromatic carboxylic acids is 1. The fraction of sp³-hybridized carbons (Fsp3) is 0.0800. The van der Waals surface area contributed by atoms with Crippen molar-refractivity contribution in [1.29, 1.82) is 0 Å². The largest absolute Gasteiger partial charge is 0.493 e. The highest BCUT2D eigenvalue weighted by Crippen LogP contribution is 2.40. The van der Waals surface area contributed by atoms with Crippen LogP contribution in [-0.4, -0.2) is 28.4 Å². The van der Waals surface area contributed by atoms with Gasteiger partial charge in [-0.15, -0.1) is 0 Å². The highest BCUT2D eigenvalue weighted by atomic mass is 79.9. The van der Waals surface area contributed by atoms with Gasteiger partial charge in [-0.2, -0.15) is 0 Å². The summed E-state index contributed by atoms with van der Waals surface area (Å²) in [5, 5.41) is 9.26. The number of methoxy groups -OCH3 is 1. The van der Waals surface area contributed by atoms with Gasteiger partial charge in [0.25, 0.3) is 5.91 Å². The molecular formula is C25H17Br2NO5S2. The van der Waals surface area contributed by atoms with Crippen LogP contribution in [0.3, 0.4) is 0 Å². The molecule has 35 heavy (non-hydrogen) atoms. The first-order valence-electron chi connectivity index (χ1n) is 10.1. The van der Waals surface area contributed by atoms with Crippen LogP contribution in [0.1, 0.15) is 21.5 Å². The molecule has 10 heteroatoms. The lowest BCUT2D eigenvalue weighted by molar-refractivity contribution is -0.113. The number of rotatable bonds is 7. The molecule has 1 amide bonds. The SMILES string of the molecule is COc1cc(/C=C2/SC(=S)N(c3cccc(C(=O)O)c3)C2=O)cc(Br)c1OCc1ccc(Br)cc1. The van der Waals surface area contributed by atoms with Crippen LogP contribution in [0.25, 0.3) is 6.08 Å². The predicted molar refractivity (Wildman–Crippen MR) is 148 cm³/mol. The second kappa shape index (κ2) is 10.9. The van der Waals surface area contributed by atoms with Gasteiger partial charge in [0.2, 0.25) is 0 Å². The quantitative estimate of drug-likeness (QED) is 0.224. The van der Waals surface area contributed by atoms with E-state index in [1.54, 1.807) is 31.4 Å². The van der Waals surface area contributed by atoms with E-state index in [1.165, 1.54) is 17.0 Å². The van der Waals surface area contributed by atoms with Crippen molar-refractivity contribution in [3.8, 4) is 11.5 Å². The molecule has 0 radical (unpaired) electrons. The average Bonchev–Trinajstić information content (AvgIpc) is 3.11. The van der Waals surface area contributed by atoms with Gasteiger partial charge in [-0.3, -0.25) is 9.69 Å². The summed E-state index contributed by atoms with van der Waals surface area (Å²) >= 11 is 13.5. The lowest BCUT2D eigenvalue weighted by Gasteiger charge is -2.15. The first-order valence-corrected chi connectivity index (χ1v) is 12.9. The van der Waals surface area contributed by atoms with Gasteiger partial charge in [0.05, 0.1) is 27.7 Å². The molecule has 0 bridgehead atoms. The number of hydrogen-bond donors (Lipinski definition) is 1. The number of ether oxygens (including phenoxy) is 2. The Hall–Kier alpha value is -2.66. The van der Waals surface area contributed by atoms with Crippen LogP contribution in [0.5, 0.6) is 11.5 Å². The van der Waals surface area contributed by atoms with Crippen LogP contribution >= 0.6 is 55.8 Å². The molecule has 1 N–H and O–H groups in total. The second-order valence-electron chi connectivity index (χ2n) is 7.32. The highest BCUT2D eigenvalue weighted by molar-refractivity contribution is 9.10. The fourth-order valence-electron chi connectivity index (χ4n) is 3.32. The Balaban J connectivity index is 1.58. The molecule has 3 aromatic rings. The lowest BCUT2D eigenvalue weighted by atomic mass is 10.1. The second-order valence-corrected chi connectivity index (χ2v) is 10.8. The van der Waals surface area contributed by atoms with E-state index in [0.29, 0.717) is 43.1 Å². The highest BCUT2D eigenvalue weighted by Gasteiger charge is 2.33. The molecule has 0 spiro atoms. The number of carboxylic acid groups (broad SMARTS) is 1. The Morgan fingerprint density at radius 1 is 1.14 bits per heavy atom. The molecule has 0 saturated carbocycles. The number of thioether (sulfide) groups is 1. The summed E-state index contributed by atoms with van der Waals surface area (Å²) in [5.74, 6) is -0.349. The summed E-state index contributed by atoms with van der Waals surface area (Å²) < 4.78 is 13.5. The number of nitrogens with zero attached hydrogens (tertiary/aromatic N) is 1. The van der Waals surface area contributed by atoms with E-state index >= 15 is 0 Å². The maximum Gasteiger partial charge on any atom is 0.335 e. The molecule has 178 valence electrons. The van der Waals surface area contributed by atoms with Gasteiger partial charge in [0.1, 0.15) is 6.61 Å². The molecule has 0 aliphatic carbocycles. The van der Waals surface area contributed by atoms with E-state index in [-0.39, 0.29) is 11.5 Å². The van der Waals surface area contributed by atoms with Gasteiger partial charge >= 0.3 is 5.97 Å². The maximum atomic E-state index is 13.1. The number of benzene rings is 3. The number of amides is 1. The van der Waals surface area contributed by atoms with Crippen LogP contribution in [0.2, 0.25) is 0 Å². The van der Waals surface area contributed by atoms with Gasteiger partial charge in [-0.1, -0.05) is 58.1 Å². The van der Waals surface area contributed by atoms with Crippen molar-refractivity contribution in [1.82, 2.24) is 0 Å². The Bertz CT molecular complexity index is 1360. The van der Waals surface area contributed by atoms with E-state index in [1.807, 2.05) is 30.3 Å². The fourth-order valence-corrected chi connectivity index (χ4v) is 5.46. The van der Waals surface area contributed by atoms with Crippen LogP contribution in [0, 0.1) is 0 Å². The van der Waals surface area contributed by atoms with Gasteiger partial charge < -0.3 is 14.6 Å². The molecule has 1 aliphatic rings. The third-order valence-corrected chi connectivity index (χ3v) is 7.41. The van der Waals surface area contributed by atoms with Crippen molar-refractivity contribution < 1.29 is 24.2 Å². The first kappa shape index (κ1) is 25.4. The molecule has 1 heterocycles. The minimum Gasteiger partial charge on any atom is -0.493 e. The zero-order valence-corrected chi connectivity index (χ0v) is 23.0. The summed E-state index contributed by atoms with van der Waals surface area (Å²) in [4.78, 5) is 26.2. The zero-order chi connectivity index (χ0) is 25.1. The zero-order valence-electron chi connectivity index (χ0n) is 18.2. The predicted octanol–water partition coefficient (Wildman–Crippen LogP) is 6.90. The Morgan fingerprint density at radius 2 is 1.89 bits per heavy atom. The van der Waals surface area contributed by atoms with Gasteiger partial charge in [-0.05, 0) is 75.6 Å². The van der Waals surface area contributed by atoms with Crippen molar-refractivity contribution >= 4 is 83.8 Å². The number of carboxylic acids is 1. The van der Waals surface area contributed by atoms with E-state index in [4.69, 9.17) is 21.7 Å². The van der Waals surface area contributed by atoms with Gasteiger partial charge in [-0.25, -0.2) is 4.79 Å². The summed E-state index contributed by atoms with van der Waals surface area (Å²) in [6.45, 7) is 0.357. The van der Waals surface area contributed by atoms with E-state index in [0.717, 1.165) is 21.8 Å². The summed E-state index contributed by atoms with van der Waals surface area (Å²) in [7, 11) is 1.55. The maximum absolute atomic E-state index is 13.1. The van der Waals surface area contributed by atoms with Crippen molar-refractivity contribution in [2.45, 2.75) is 6.61 Å². The summed E-state index contributed by atoms with van der Waals surface area (Å²) in [6.07, 6.45) is 1.71. The standard InChI is InChI=1S/C25H17Br2NO5S2/c1-32-20-10-15(9-19(27)22(20)33-13-14-5-7-17(26)8-6-14)11-21-23(29)28(25(34)35-21)18-4-2-3-16(12-18)24(30)31/h2-12H,13H2,1H3,(H,30,31)/b21-11+. The molecule has 0 atom stereocenters. The monoisotopic (exact) mass is 633 g/mol. The first-order chi connectivity index (χ1) is 16.8. The Kier molecular flexibility index (Phi) is 7.95. The van der Waals surface area contributed by atoms with Crippen LogP contribution < -0.4 is 14.4 Å². The Morgan fingerprint density at radius 3 is 2.57 bits per heavy atom. The molecule has 4 rings (SSSR count). The van der Waals surface area contributed by atoms with Crippen LogP contribution in [0.15, 0.2) is 74.5 Å². The lowest BCUT2D eigenvalue weighted by Crippen LogP contribution is -2.27. The minimum atomic E-state index is -1.08. The third kappa shape index (κ3) is 5.78. The molecule has 3 aromatic carbocycles. The van der Waals surface area contributed by atoms with Crippen molar-refractivity contribution in [2.75, 3.05) is 12.0 Å². The molecule has 0 aromatic heterocycles. The summed E-state index contributed by atoms with van der Waals surface area (Å²) in [5.41, 5.74) is 2.20. The molecule has 0 unspecified atom stereocenters. The molecule has 1 fully saturated rings. The van der Waals surface area contributed by atoms with E-state index in [9.17, 15) is 14.7 Å². The van der Waals surface area contributed by atoms with Crippen molar-refractivity contribution in [3.63, 3.8) is 0 Å². The summed E-state index contributed by atoms with van der Waals surface area (Å²) in [6, 6.07) is 17.5. The molecular weight excluding hydrogens is 618 g/mol. The normalized spacial score (nSPS) is 14.5. The number of carbonyl (C=O) groups is 2. The minimum absolute atomic E-state index is 0.0768. The van der Waals surface area contributed by atoms with Crippen LogP contribution in [0.4, 0.5) is 5.69 Å². The molecule has 6 nitrogen and oxygen atoms in total. The van der Waals surface area contributed by atoms with Crippen molar-refractivity contribution in [2.24, 2.45) is 0 Å².